The summed E-state index contributed by atoms with van der Waals surface area (Å²) in [6, 6.07) is 15.3. The molecule has 1 aliphatic heterocycles. The second-order valence-corrected chi connectivity index (χ2v) is 7.29. The van der Waals surface area contributed by atoms with Crippen molar-refractivity contribution >= 4 is 17.6 Å². The predicted molar refractivity (Wildman–Crippen MR) is 117 cm³/mol. The number of nitrogens with one attached hydrogen (secondary N) is 1. The molecular formula is C22H24N6O3. The summed E-state index contributed by atoms with van der Waals surface area (Å²) in [5, 5.41) is 6.77. The van der Waals surface area contributed by atoms with Gasteiger partial charge in [0.15, 0.2) is 5.69 Å². The van der Waals surface area contributed by atoms with E-state index in [9.17, 15) is 9.59 Å². The zero-order valence-electron chi connectivity index (χ0n) is 17.0. The molecule has 0 bridgehead atoms. The van der Waals surface area contributed by atoms with Crippen molar-refractivity contribution in [3.63, 3.8) is 0 Å². The maximum atomic E-state index is 11.9. The SMILES string of the molecule is NC(=O)Nc1cn(-c2cc(-c3ccccc3)ccc2CN2CCOCC2)nc1C(N)=O. The van der Waals surface area contributed by atoms with E-state index in [2.05, 4.69) is 27.4 Å². The Balaban J connectivity index is 1.79. The van der Waals surface area contributed by atoms with Crippen LogP contribution < -0.4 is 16.8 Å². The number of nitrogens with zero attached hydrogens (tertiary/aromatic N) is 3. The third-order valence-corrected chi connectivity index (χ3v) is 5.14. The monoisotopic (exact) mass is 420 g/mol. The summed E-state index contributed by atoms with van der Waals surface area (Å²) in [5.41, 5.74) is 14.7. The average Bonchev–Trinajstić information content (AvgIpc) is 3.18. The number of carbonyl (C=O) groups excluding carboxylic acids is 2. The number of hydrogen-bond acceptors (Lipinski definition) is 5. The van der Waals surface area contributed by atoms with E-state index < -0.39 is 11.9 Å². The first-order valence-electron chi connectivity index (χ1n) is 9.96. The highest BCUT2D eigenvalue weighted by molar-refractivity contribution is 6.00. The molecule has 0 aliphatic carbocycles. The lowest BCUT2D eigenvalue weighted by molar-refractivity contribution is 0.0341. The summed E-state index contributed by atoms with van der Waals surface area (Å²) < 4.78 is 7.01. The molecule has 0 atom stereocenters. The minimum atomic E-state index is -0.798. The van der Waals surface area contributed by atoms with Crippen LogP contribution in [0.25, 0.3) is 16.8 Å². The van der Waals surface area contributed by atoms with Crippen LogP contribution in [0, 0.1) is 0 Å². The third kappa shape index (κ3) is 4.73. The lowest BCUT2D eigenvalue weighted by Gasteiger charge is -2.27. The molecule has 3 aromatic rings. The van der Waals surface area contributed by atoms with Gasteiger partial charge in [-0.25, -0.2) is 9.48 Å². The zero-order chi connectivity index (χ0) is 21.8. The molecular weight excluding hydrogens is 396 g/mol. The minimum Gasteiger partial charge on any atom is -0.379 e. The number of benzene rings is 2. The molecule has 0 saturated carbocycles. The smallest absolute Gasteiger partial charge is 0.316 e. The molecule has 9 heteroatoms. The highest BCUT2D eigenvalue weighted by Crippen LogP contribution is 2.27. The normalized spacial score (nSPS) is 14.3. The van der Waals surface area contributed by atoms with Gasteiger partial charge in [0, 0.05) is 19.6 Å². The number of morpholine rings is 1. The maximum Gasteiger partial charge on any atom is 0.316 e. The van der Waals surface area contributed by atoms with E-state index >= 15 is 0 Å². The summed E-state index contributed by atoms with van der Waals surface area (Å²) >= 11 is 0. The lowest BCUT2D eigenvalue weighted by atomic mass is 10.0. The summed E-state index contributed by atoms with van der Waals surface area (Å²) in [4.78, 5) is 25.5. The Morgan fingerprint density at radius 3 is 2.45 bits per heavy atom. The molecule has 0 spiro atoms. The van der Waals surface area contributed by atoms with Crippen LogP contribution in [-0.2, 0) is 11.3 Å². The van der Waals surface area contributed by atoms with Crippen LogP contribution in [0.3, 0.4) is 0 Å². The lowest BCUT2D eigenvalue weighted by Crippen LogP contribution is -2.35. The molecule has 2 aromatic carbocycles. The largest absolute Gasteiger partial charge is 0.379 e. The summed E-state index contributed by atoms with van der Waals surface area (Å²) in [6.45, 7) is 3.74. The van der Waals surface area contributed by atoms with Crippen molar-refractivity contribution in [1.29, 1.82) is 0 Å². The second-order valence-electron chi connectivity index (χ2n) is 7.29. The standard InChI is InChI=1S/C22H24N6O3/c23-21(29)20-18(25-22(24)30)14-28(26-20)19-12-16(15-4-2-1-3-5-15)6-7-17(19)13-27-8-10-31-11-9-27/h1-7,12,14H,8-11,13H2,(H2,23,29)(H3,24,25,30). The molecule has 0 unspecified atom stereocenters. The molecule has 1 saturated heterocycles. The van der Waals surface area contributed by atoms with Crippen LogP contribution in [0.5, 0.6) is 0 Å². The molecule has 5 N–H and O–H groups in total. The van der Waals surface area contributed by atoms with Gasteiger partial charge < -0.3 is 21.5 Å². The minimum absolute atomic E-state index is 0.0544. The number of ether oxygens (including phenoxy) is 1. The number of aromatic nitrogens is 2. The highest BCUT2D eigenvalue weighted by Gasteiger charge is 2.19. The van der Waals surface area contributed by atoms with E-state index in [0.29, 0.717) is 19.8 Å². The molecule has 31 heavy (non-hydrogen) atoms. The van der Waals surface area contributed by atoms with E-state index in [1.54, 1.807) is 10.9 Å². The van der Waals surface area contributed by atoms with Gasteiger partial charge in [-0.2, -0.15) is 5.10 Å². The number of amides is 3. The highest BCUT2D eigenvalue weighted by atomic mass is 16.5. The van der Waals surface area contributed by atoms with Crippen molar-refractivity contribution in [3.05, 3.63) is 66.0 Å². The molecule has 1 aromatic heterocycles. The molecule has 9 nitrogen and oxygen atoms in total. The van der Waals surface area contributed by atoms with Crippen molar-refractivity contribution in [2.45, 2.75) is 6.54 Å². The van der Waals surface area contributed by atoms with E-state index in [1.807, 2.05) is 36.4 Å². The Kier molecular flexibility index (Phi) is 5.96. The van der Waals surface area contributed by atoms with Gasteiger partial charge in [0.2, 0.25) is 0 Å². The number of carbonyl (C=O) groups is 2. The molecule has 1 fully saturated rings. The maximum absolute atomic E-state index is 11.9. The van der Waals surface area contributed by atoms with Crippen LogP contribution >= 0.6 is 0 Å². The summed E-state index contributed by atoms with van der Waals surface area (Å²) in [5.74, 6) is -0.753. The first kappa shape index (κ1) is 20.6. The van der Waals surface area contributed by atoms with Gasteiger partial charge in [-0.05, 0) is 22.8 Å². The molecule has 2 heterocycles. The Hall–Kier alpha value is -3.69. The molecule has 0 radical (unpaired) electrons. The fourth-order valence-electron chi connectivity index (χ4n) is 3.62. The van der Waals surface area contributed by atoms with E-state index in [1.165, 1.54) is 0 Å². The number of urea groups is 1. The zero-order valence-corrected chi connectivity index (χ0v) is 17.0. The van der Waals surface area contributed by atoms with Crippen molar-refractivity contribution in [2.24, 2.45) is 11.5 Å². The number of hydrogen-bond donors (Lipinski definition) is 3. The Morgan fingerprint density at radius 1 is 1.03 bits per heavy atom. The number of nitrogens with two attached hydrogens (primary N) is 2. The molecule has 1 aliphatic rings. The molecule has 3 amide bonds. The molecule has 160 valence electrons. The van der Waals surface area contributed by atoms with Gasteiger partial charge >= 0.3 is 6.03 Å². The third-order valence-electron chi connectivity index (χ3n) is 5.14. The number of primary amides is 2. The van der Waals surface area contributed by atoms with Crippen molar-refractivity contribution in [1.82, 2.24) is 14.7 Å². The average molecular weight is 420 g/mol. The summed E-state index contributed by atoms with van der Waals surface area (Å²) in [7, 11) is 0. The van der Waals surface area contributed by atoms with Crippen LogP contribution in [0.15, 0.2) is 54.7 Å². The Labute approximate surface area is 179 Å². The van der Waals surface area contributed by atoms with E-state index in [0.717, 1.165) is 35.5 Å². The number of rotatable bonds is 6. The fourth-order valence-corrected chi connectivity index (χ4v) is 3.62. The van der Waals surface area contributed by atoms with Gasteiger partial charge in [0.05, 0.1) is 30.8 Å². The van der Waals surface area contributed by atoms with Gasteiger partial charge in [-0.3, -0.25) is 9.69 Å². The predicted octanol–water partition coefficient (Wildman–Crippen LogP) is 1.96. The second kappa shape index (κ2) is 8.99. The van der Waals surface area contributed by atoms with Crippen LogP contribution in [-0.4, -0.2) is 52.9 Å². The Morgan fingerprint density at radius 2 is 1.77 bits per heavy atom. The Bertz CT molecular complexity index is 1090. The fraction of sp³-hybridized carbons (Fsp3) is 0.227. The summed E-state index contributed by atoms with van der Waals surface area (Å²) in [6.07, 6.45) is 1.55. The van der Waals surface area contributed by atoms with Crippen molar-refractivity contribution in [2.75, 3.05) is 31.6 Å². The van der Waals surface area contributed by atoms with Crippen LogP contribution in [0.2, 0.25) is 0 Å². The first-order chi connectivity index (χ1) is 15.0. The van der Waals surface area contributed by atoms with Gasteiger partial charge in [-0.1, -0.05) is 42.5 Å². The van der Waals surface area contributed by atoms with Gasteiger partial charge in [0.1, 0.15) is 0 Å². The van der Waals surface area contributed by atoms with Crippen molar-refractivity contribution in [3.8, 4) is 16.8 Å². The quantitative estimate of drug-likeness (QED) is 0.561. The first-order valence-corrected chi connectivity index (χ1v) is 9.96. The topological polar surface area (TPSA) is 128 Å². The molecule has 4 rings (SSSR count). The number of anilines is 1. The van der Waals surface area contributed by atoms with Gasteiger partial charge in [0.25, 0.3) is 5.91 Å². The van der Waals surface area contributed by atoms with Gasteiger partial charge in [-0.15, -0.1) is 0 Å². The van der Waals surface area contributed by atoms with Crippen LogP contribution in [0.1, 0.15) is 16.1 Å². The van der Waals surface area contributed by atoms with E-state index in [-0.39, 0.29) is 11.4 Å². The van der Waals surface area contributed by atoms with Crippen molar-refractivity contribution < 1.29 is 14.3 Å². The van der Waals surface area contributed by atoms with E-state index in [4.69, 9.17) is 16.2 Å². The van der Waals surface area contributed by atoms with Crippen LogP contribution in [0.4, 0.5) is 10.5 Å².